The summed E-state index contributed by atoms with van der Waals surface area (Å²) in [6.07, 6.45) is 0. The van der Waals surface area contributed by atoms with Gasteiger partial charge in [-0.3, -0.25) is 9.48 Å². The Morgan fingerprint density at radius 1 is 1.41 bits per heavy atom. The summed E-state index contributed by atoms with van der Waals surface area (Å²) in [6.45, 7) is 6.19. The second-order valence-corrected chi connectivity index (χ2v) is 5.87. The summed E-state index contributed by atoms with van der Waals surface area (Å²) in [7, 11) is 1.86. The van der Waals surface area contributed by atoms with E-state index < -0.39 is 0 Å². The number of nitrogens with zero attached hydrogens (tertiary/aromatic N) is 2. The minimum Gasteiger partial charge on any atom is -0.332 e. The number of rotatable bonds is 5. The van der Waals surface area contributed by atoms with Gasteiger partial charge in [-0.1, -0.05) is 29.8 Å². The van der Waals surface area contributed by atoms with Crippen molar-refractivity contribution in [3.8, 4) is 0 Å². The Hall–Kier alpha value is -1.85. The Morgan fingerprint density at radius 2 is 2.09 bits per heavy atom. The predicted molar refractivity (Wildman–Crippen MR) is 88.0 cm³/mol. The lowest BCUT2D eigenvalue weighted by atomic mass is 10.1. The van der Waals surface area contributed by atoms with Crippen molar-refractivity contribution in [3.63, 3.8) is 0 Å². The van der Waals surface area contributed by atoms with Crippen LogP contribution in [0.15, 0.2) is 24.3 Å². The van der Waals surface area contributed by atoms with Gasteiger partial charge in [-0.05, 0) is 26.8 Å². The average molecular weight is 322 g/mol. The Morgan fingerprint density at radius 3 is 2.68 bits per heavy atom. The number of nitrogens with two attached hydrogens (primary N) is 1. The fraction of sp³-hybridized carbons (Fsp3) is 0.375. The van der Waals surface area contributed by atoms with Crippen molar-refractivity contribution in [2.24, 2.45) is 7.05 Å². The van der Waals surface area contributed by atoms with E-state index in [1.807, 2.05) is 57.4 Å². The second-order valence-electron chi connectivity index (χ2n) is 5.47. The van der Waals surface area contributed by atoms with Gasteiger partial charge in [0.05, 0.1) is 17.1 Å². The molecule has 0 fully saturated rings. The predicted octanol–water partition coefficient (Wildman–Crippen LogP) is 1.95. The molecule has 0 radical (unpaired) electrons. The lowest BCUT2D eigenvalue weighted by molar-refractivity contribution is -0.682. The van der Waals surface area contributed by atoms with Crippen LogP contribution in [-0.2, 0) is 11.8 Å². The summed E-state index contributed by atoms with van der Waals surface area (Å²) in [6, 6.07) is 7.82. The molecule has 0 saturated carbocycles. The molecule has 22 heavy (non-hydrogen) atoms. The summed E-state index contributed by atoms with van der Waals surface area (Å²) in [4.78, 5) is 12.1. The average Bonchev–Trinajstić information content (AvgIpc) is 2.72. The number of quaternary nitrogens is 1. The molecule has 0 bridgehead atoms. The van der Waals surface area contributed by atoms with Gasteiger partial charge in [-0.15, -0.1) is 0 Å². The van der Waals surface area contributed by atoms with Gasteiger partial charge >= 0.3 is 0 Å². The van der Waals surface area contributed by atoms with Crippen molar-refractivity contribution in [1.82, 2.24) is 9.78 Å². The number of hydrogen-bond acceptors (Lipinski definition) is 2. The Labute approximate surface area is 135 Å². The number of nitrogens with one attached hydrogen (secondary N) is 1. The zero-order valence-electron chi connectivity index (χ0n) is 13.4. The van der Waals surface area contributed by atoms with Crippen molar-refractivity contribution in [2.45, 2.75) is 26.8 Å². The molecule has 0 spiro atoms. The number of aryl methyl sites for hydroxylation is 2. The molecule has 1 heterocycles. The van der Waals surface area contributed by atoms with Gasteiger partial charge in [-0.25, -0.2) is 0 Å². The van der Waals surface area contributed by atoms with Crippen LogP contribution in [0.2, 0.25) is 5.02 Å². The molecule has 118 valence electrons. The zero-order valence-corrected chi connectivity index (χ0v) is 14.1. The van der Waals surface area contributed by atoms with E-state index in [1.165, 1.54) is 0 Å². The summed E-state index contributed by atoms with van der Waals surface area (Å²) in [5.74, 6) is -0.0434. The van der Waals surface area contributed by atoms with E-state index >= 15 is 0 Å². The molecule has 0 aliphatic heterocycles. The molecule has 5 nitrogen and oxygen atoms in total. The molecule has 1 amide bonds. The minimum atomic E-state index is -0.0434. The van der Waals surface area contributed by atoms with Crippen LogP contribution in [0.4, 0.5) is 5.69 Å². The zero-order chi connectivity index (χ0) is 16.3. The fourth-order valence-corrected chi connectivity index (χ4v) is 2.71. The molecule has 2 aromatic rings. The highest BCUT2D eigenvalue weighted by Crippen LogP contribution is 2.20. The van der Waals surface area contributed by atoms with Crippen molar-refractivity contribution in [3.05, 3.63) is 46.2 Å². The van der Waals surface area contributed by atoms with E-state index in [9.17, 15) is 4.79 Å². The van der Waals surface area contributed by atoms with Crippen LogP contribution in [0, 0.1) is 13.8 Å². The lowest BCUT2D eigenvalue weighted by Crippen LogP contribution is -2.86. The Balaban J connectivity index is 1.94. The number of hydrogen-bond donors (Lipinski definition) is 2. The van der Waals surface area contributed by atoms with Crippen LogP contribution in [0.1, 0.15) is 29.9 Å². The van der Waals surface area contributed by atoms with E-state index in [0.29, 0.717) is 6.54 Å². The third-order valence-corrected chi connectivity index (χ3v) is 4.17. The number of aromatic nitrogens is 2. The minimum absolute atomic E-state index is 0.0434. The monoisotopic (exact) mass is 321 g/mol. The molecule has 0 aliphatic carbocycles. The molecular formula is C16H22ClN4O+. The number of anilines is 1. The van der Waals surface area contributed by atoms with E-state index in [0.717, 1.165) is 27.7 Å². The van der Waals surface area contributed by atoms with E-state index in [-0.39, 0.29) is 11.9 Å². The van der Waals surface area contributed by atoms with Gasteiger partial charge in [0, 0.05) is 17.6 Å². The molecule has 1 aromatic carbocycles. The van der Waals surface area contributed by atoms with E-state index in [4.69, 9.17) is 11.6 Å². The second kappa shape index (κ2) is 6.94. The highest BCUT2D eigenvalue weighted by atomic mass is 35.5. The first-order valence-electron chi connectivity index (χ1n) is 7.28. The maximum atomic E-state index is 12.1. The van der Waals surface area contributed by atoms with Crippen LogP contribution in [0.25, 0.3) is 0 Å². The standard InChI is InChI=1S/C16H21ClN4O/c1-10(13-7-5-6-8-14(13)17)18-9-15(22)19-16-11(2)20-21(4)12(16)3/h5-8,10,18H,9H2,1-4H3,(H,19,22)/p+1/t10-/m1/s1. The molecule has 3 N–H and O–H groups in total. The van der Waals surface area contributed by atoms with Crippen LogP contribution in [0.5, 0.6) is 0 Å². The molecule has 2 rings (SSSR count). The number of benzene rings is 1. The molecule has 1 atom stereocenters. The normalized spacial score (nSPS) is 12.2. The lowest BCUT2D eigenvalue weighted by Gasteiger charge is -2.12. The SMILES string of the molecule is Cc1nn(C)c(C)c1NC(=O)C[NH2+][C@H](C)c1ccccc1Cl. The fourth-order valence-electron chi connectivity index (χ4n) is 2.40. The van der Waals surface area contributed by atoms with E-state index in [1.54, 1.807) is 4.68 Å². The molecule has 0 unspecified atom stereocenters. The number of amides is 1. The van der Waals surface area contributed by atoms with Crippen molar-refractivity contribution in [1.29, 1.82) is 0 Å². The molecule has 0 saturated heterocycles. The topological polar surface area (TPSA) is 63.5 Å². The third kappa shape index (κ3) is 3.67. The molecule has 0 aliphatic rings. The summed E-state index contributed by atoms with van der Waals surface area (Å²) < 4.78 is 1.76. The third-order valence-electron chi connectivity index (χ3n) is 3.83. The quantitative estimate of drug-likeness (QED) is 0.884. The van der Waals surface area contributed by atoms with E-state index in [2.05, 4.69) is 10.4 Å². The van der Waals surface area contributed by atoms with Gasteiger partial charge in [0.25, 0.3) is 5.91 Å². The van der Waals surface area contributed by atoms with Crippen molar-refractivity contribution >= 4 is 23.2 Å². The summed E-state index contributed by atoms with van der Waals surface area (Å²) in [5, 5.41) is 9.92. The van der Waals surface area contributed by atoms with Crippen molar-refractivity contribution < 1.29 is 10.1 Å². The van der Waals surface area contributed by atoms with Crippen molar-refractivity contribution in [2.75, 3.05) is 11.9 Å². The first-order chi connectivity index (χ1) is 10.4. The Bertz CT molecular complexity index is 681. The molecular weight excluding hydrogens is 300 g/mol. The smallest absolute Gasteiger partial charge is 0.279 e. The largest absolute Gasteiger partial charge is 0.332 e. The number of halogens is 1. The highest BCUT2D eigenvalue weighted by molar-refractivity contribution is 6.31. The summed E-state index contributed by atoms with van der Waals surface area (Å²) >= 11 is 6.18. The number of carbonyl (C=O) groups is 1. The van der Waals surface area contributed by atoms with Gasteiger partial charge in [0.1, 0.15) is 6.04 Å². The van der Waals surface area contributed by atoms with Crippen LogP contribution >= 0.6 is 11.6 Å². The maximum Gasteiger partial charge on any atom is 0.279 e. The van der Waals surface area contributed by atoms with Gasteiger partial charge < -0.3 is 10.6 Å². The van der Waals surface area contributed by atoms with Gasteiger partial charge in [0.2, 0.25) is 0 Å². The first-order valence-corrected chi connectivity index (χ1v) is 7.65. The Kier molecular flexibility index (Phi) is 5.21. The maximum absolute atomic E-state index is 12.1. The first kappa shape index (κ1) is 16.5. The van der Waals surface area contributed by atoms with Gasteiger partial charge in [-0.2, -0.15) is 5.10 Å². The molecule has 1 aromatic heterocycles. The van der Waals surface area contributed by atoms with Crippen LogP contribution in [-0.4, -0.2) is 22.2 Å². The summed E-state index contributed by atoms with van der Waals surface area (Å²) in [5.41, 5.74) is 3.61. The molecule has 6 heteroatoms. The van der Waals surface area contributed by atoms with Crippen LogP contribution < -0.4 is 10.6 Å². The highest BCUT2D eigenvalue weighted by Gasteiger charge is 2.16. The number of carbonyl (C=O) groups excluding carboxylic acids is 1. The van der Waals surface area contributed by atoms with Gasteiger partial charge in [0.15, 0.2) is 6.54 Å². The van der Waals surface area contributed by atoms with Crippen LogP contribution in [0.3, 0.4) is 0 Å².